The lowest BCUT2D eigenvalue weighted by molar-refractivity contribution is -0.118. The fourth-order valence-corrected chi connectivity index (χ4v) is 1.68. The molecular formula is C15H14N2O2. The van der Waals surface area contributed by atoms with E-state index in [1.807, 2.05) is 19.1 Å². The molecule has 4 heteroatoms. The van der Waals surface area contributed by atoms with Crippen molar-refractivity contribution in [2.45, 2.75) is 32.6 Å². The summed E-state index contributed by atoms with van der Waals surface area (Å²) in [5, 5.41) is 17.7. The summed E-state index contributed by atoms with van der Waals surface area (Å²) in [4.78, 5) is 23.6. The molecule has 0 saturated carbocycles. The van der Waals surface area contributed by atoms with Crippen molar-refractivity contribution in [3.8, 4) is 12.1 Å². The lowest BCUT2D eigenvalue weighted by Crippen LogP contribution is -2.10. The Bertz CT molecular complexity index is 577. The molecule has 1 aromatic rings. The zero-order valence-corrected chi connectivity index (χ0v) is 10.8. The molecule has 0 spiro atoms. The molecule has 0 bridgehead atoms. The van der Waals surface area contributed by atoms with Gasteiger partial charge in [-0.3, -0.25) is 9.59 Å². The Balaban J connectivity index is 2.90. The van der Waals surface area contributed by atoms with Gasteiger partial charge in [0.2, 0.25) is 0 Å². The lowest BCUT2D eigenvalue weighted by atomic mass is 9.97. The van der Waals surface area contributed by atoms with Gasteiger partial charge in [0.05, 0.1) is 29.7 Å². The van der Waals surface area contributed by atoms with Crippen LogP contribution in [0.3, 0.4) is 0 Å². The second-order valence-electron chi connectivity index (χ2n) is 4.23. The van der Waals surface area contributed by atoms with Gasteiger partial charge in [-0.15, -0.1) is 0 Å². The summed E-state index contributed by atoms with van der Waals surface area (Å²) in [6, 6.07) is 8.10. The van der Waals surface area contributed by atoms with Crippen LogP contribution in [0, 0.1) is 22.7 Å². The van der Waals surface area contributed by atoms with Crippen molar-refractivity contribution >= 4 is 11.6 Å². The first-order chi connectivity index (χ1) is 9.12. The quantitative estimate of drug-likeness (QED) is 0.577. The zero-order valence-electron chi connectivity index (χ0n) is 10.8. The molecule has 0 unspecified atom stereocenters. The Kier molecular flexibility index (Phi) is 5.44. The van der Waals surface area contributed by atoms with Crippen LogP contribution in [0.5, 0.6) is 0 Å². The van der Waals surface area contributed by atoms with Gasteiger partial charge in [-0.1, -0.05) is 13.3 Å². The van der Waals surface area contributed by atoms with E-state index in [9.17, 15) is 9.59 Å². The molecule has 0 N–H and O–H groups in total. The van der Waals surface area contributed by atoms with E-state index in [1.54, 1.807) is 0 Å². The molecule has 1 rings (SSSR count). The third kappa shape index (κ3) is 4.04. The van der Waals surface area contributed by atoms with Gasteiger partial charge in [-0.25, -0.2) is 0 Å². The number of hydrogen-bond acceptors (Lipinski definition) is 4. The minimum Gasteiger partial charge on any atom is -0.299 e. The molecule has 0 aromatic heterocycles. The molecule has 1 aromatic carbocycles. The third-order valence-corrected chi connectivity index (χ3v) is 2.74. The van der Waals surface area contributed by atoms with Gasteiger partial charge in [0.15, 0.2) is 5.78 Å². The summed E-state index contributed by atoms with van der Waals surface area (Å²) in [7, 11) is 0. The maximum absolute atomic E-state index is 12.0. The number of benzene rings is 1. The molecule has 0 aliphatic heterocycles. The Morgan fingerprint density at radius 2 is 1.95 bits per heavy atom. The predicted molar refractivity (Wildman–Crippen MR) is 69.4 cm³/mol. The van der Waals surface area contributed by atoms with Gasteiger partial charge >= 0.3 is 0 Å². The number of hydrogen-bond donors (Lipinski definition) is 0. The van der Waals surface area contributed by atoms with E-state index in [0.29, 0.717) is 12.0 Å². The monoisotopic (exact) mass is 254 g/mol. The van der Waals surface area contributed by atoms with E-state index in [4.69, 9.17) is 10.5 Å². The van der Waals surface area contributed by atoms with Crippen molar-refractivity contribution in [1.29, 1.82) is 10.5 Å². The van der Waals surface area contributed by atoms with Crippen molar-refractivity contribution < 1.29 is 9.59 Å². The average molecular weight is 254 g/mol. The van der Waals surface area contributed by atoms with Crippen molar-refractivity contribution in [1.82, 2.24) is 0 Å². The highest BCUT2D eigenvalue weighted by atomic mass is 16.1. The number of carbonyl (C=O) groups excluding carboxylic acids is 2. The summed E-state index contributed by atoms with van der Waals surface area (Å²) >= 11 is 0. The van der Waals surface area contributed by atoms with Crippen LogP contribution in [-0.2, 0) is 4.79 Å². The van der Waals surface area contributed by atoms with Crippen molar-refractivity contribution in [2.75, 3.05) is 0 Å². The molecule has 96 valence electrons. The van der Waals surface area contributed by atoms with Gasteiger partial charge in [0, 0.05) is 12.0 Å². The summed E-state index contributed by atoms with van der Waals surface area (Å²) in [6.07, 6.45) is 1.83. The summed E-state index contributed by atoms with van der Waals surface area (Å²) < 4.78 is 0. The first-order valence-corrected chi connectivity index (χ1v) is 6.11. The van der Waals surface area contributed by atoms with Crippen LogP contribution in [0.4, 0.5) is 0 Å². The van der Waals surface area contributed by atoms with Gasteiger partial charge in [-0.05, 0) is 24.6 Å². The fourth-order valence-electron chi connectivity index (χ4n) is 1.68. The summed E-state index contributed by atoms with van der Waals surface area (Å²) in [5.74, 6) is -0.521. The molecule has 0 radical (unpaired) electrons. The summed E-state index contributed by atoms with van der Waals surface area (Å²) in [5.41, 5.74) is 0.669. The molecule has 19 heavy (non-hydrogen) atoms. The van der Waals surface area contributed by atoms with Gasteiger partial charge in [0.1, 0.15) is 5.78 Å². The Labute approximate surface area is 112 Å². The van der Waals surface area contributed by atoms with E-state index in [0.717, 1.165) is 12.8 Å². The first kappa shape index (κ1) is 14.6. The van der Waals surface area contributed by atoms with Crippen LogP contribution < -0.4 is 0 Å². The predicted octanol–water partition coefficient (Wildman–Crippen LogP) is 2.76. The van der Waals surface area contributed by atoms with E-state index in [1.165, 1.54) is 18.2 Å². The number of carbonyl (C=O) groups is 2. The van der Waals surface area contributed by atoms with E-state index >= 15 is 0 Å². The van der Waals surface area contributed by atoms with E-state index < -0.39 is 5.78 Å². The largest absolute Gasteiger partial charge is 0.299 e. The standard InChI is InChI=1S/C15H14N2O2/c1-2-3-4-13(18)8-15(19)14-7-11(9-16)5-6-12(14)10-17/h5-7H,2-4,8H2,1H3. The summed E-state index contributed by atoms with van der Waals surface area (Å²) in [6.45, 7) is 1.97. The average Bonchev–Trinajstić information content (AvgIpc) is 2.44. The maximum Gasteiger partial charge on any atom is 0.171 e. The van der Waals surface area contributed by atoms with Gasteiger partial charge in [-0.2, -0.15) is 10.5 Å². The second kappa shape index (κ2) is 7.08. The molecule has 0 fully saturated rings. The molecule has 0 saturated heterocycles. The lowest BCUT2D eigenvalue weighted by Gasteiger charge is -2.03. The highest BCUT2D eigenvalue weighted by Crippen LogP contribution is 2.14. The van der Waals surface area contributed by atoms with Crippen LogP contribution in [-0.4, -0.2) is 11.6 Å². The third-order valence-electron chi connectivity index (χ3n) is 2.74. The first-order valence-electron chi connectivity index (χ1n) is 6.11. The van der Waals surface area contributed by atoms with Gasteiger partial charge in [0.25, 0.3) is 0 Å². The molecule has 0 aliphatic carbocycles. The van der Waals surface area contributed by atoms with Crippen LogP contribution in [0.25, 0.3) is 0 Å². The van der Waals surface area contributed by atoms with Crippen LogP contribution in [0.15, 0.2) is 18.2 Å². The maximum atomic E-state index is 12.0. The molecule has 0 heterocycles. The van der Waals surface area contributed by atoms with Crippen LogP contribution in [0.2, 0.25) is 0 Å². The fraction of sp³-hybridized carbons (Fsp3) is 0.333. The Morgan fingerprint density at radius 1 is 1.21 bits per heavy atom. The minimum atomic E-state index is -0.394. The number of nitrogens with zero attached hydrogens (tertiary/aromatic N) is 2. The van der Waals surface area contributed by atoms with Crippen LogP contribution in [0.1, 0.15) is 54.1 Å². The number of nitriles is 2. The molecule has 4 nitrogen and oxygen atoms in total. The van der Waals surface area contributed by atoms with Gasteiger partial charge < -0.3 is 0 Å². The number of ketones is 2. The number of rotatable bonds is 6. The van der Waals surface area contributed by atoms with Crippen molar-refractivity contribution in [3.63, 3.8) is 0 Å². The number of Topliss-reactive ketones (excluding diaryl/α,β-unsaturated/α-hetero) is 2. The second-order valence-corrected chi connectivity index (χ2v) is 4.23. The number of unbranched alkanes of at least 4 members (excludes halogenated alkanes) is 1. The molecule has 0 aliphatic rings. The van der Waals surface area contributed by atoms with Crippen LogP contribution >= 0.6 is 0 Å². The highest BCUT2D eigenvalue weighted by Gasteiger charge is 2.15. The smallest absolute Gasteiger partial charge is 0.171 e. The molecule has 0 amide bonds. The Morgan fingerprint density at radius 3 is 2.53 bits per heavy atom. The normalized spacial score (nSPS) is 9.42. The van der Waals surface area contributed by atoms with E-state index in [-0.39, 0.29) is 23.3 Å². The Hall–Kier alpha value is -2.46. The molecular weight excluding hydrogens is 240 g/mol. The molecule has 0 atom stereocenters. The topological polar surface area (TPSA) is 81.7 Å². The minimum absolute atomic E-state index is 0.127. The van der Waals surface area contributed by atoms with Crippen molar-refractivity contribution in [2.24, 2.45) is 0 Å². The van der Waals surface area contributed by atoms with E-state index in [2.05, 4.69) is 0 Å². The zero-order chi connectivity index (χ0) is 14.3. The SMILES string of the molecule is CCCCC(=O)CC(=O)c1cc(C#N)ccc1C#N. The highest BCUT2D eigenvalue weighted by molar-refractivity contribution is 6.09. The van der Waals surface area contributed by atoms with Crippen molar-refractivity contribution in [3.05, 3.63) is 34.9 Å².